The van der Waals surface area contributed by atoms with Crippen LogP contribution < -0.4 is 11.1 Å². The van der Waals surface area contributed by atoms with Gasteiger partial charge in [-0.3, -0.25) is 9.59 Å². The number of benzene rings is 1. The number of hydrogen-bond donors (Lipinski definition) is 2. The van der Waals surface area contributed by atoms with Crippen molar-refractivity contribution >= 4 is 17.6 Å². The van der Waals surface area contributed by atoms with E-state index in [2.05, 4.69) is 22.0 Å². The molecule has 1 aromatic heterocycles. The number of fused-ring (bicyclic) bond motifs is 1. The predicted octanol–water partition coefficient (Wildman–Crippen LogP) is 2.86. The summed E-state index contributed by atoms with van der Waals surface area (Å²) < 4.78 is 2.10. The van der Waals surface area contributed by atoms with Gasteiger partial charge in [-0.2, -0.15) is 0 Å². The number of carbonyl (C=O) groups excluding carboxylic acids is 2. The normalized spacial score (nSPS) is 16.3. The maximum atomic E-state index is 12.4. The van der Waals surface area contributed by atoms with E-state index >= 15 is 0 Å². The van der Waals surface area contributed by atoms with Gasteiger partial charge in [-0.15, -0.1) is 0 Å². The largest absolute Gasteiger partial charge is 0.365 e. The smallest absolute Gasteiger partial charge is 0.252 e. The Bertz CT molecular complexity index is 819. The van der Waals surface area contributed by atoms with E-state index in [1.165, 1.54) is 0 Å². The van der Waals surface area contributed by atoms with E-state index in [4.69, 9.17) is 5.73 Å². The monoisotopic (exact) mass is 337 g/mol. The molecule has 2 aliphatic carbocycles. The Labute approximate surface area is 147 Å². The molecule has 0 radical (unpaired) electrons. The molecule has 1 saturated carbocycles. The zero-order valence-electron chi connectivity index (χ0n) is 14.3. The standard InChI is InChI=1S/C20H23N3O2/c21-18(24)17-15-8-4-5-9-16(15)23(12-13-6-2-1-3-7-13)19(17)22-20(25)14-10-11-14/h1-3,6-7,14H,4-5,8-12H2,(H2,21,24)(H,22,25). The molecule has 1 fully saturated rings. The van der Waals surface area contributed by atoms with E-state index in [1.807, 2.05) is 18.2 Å². The molecule has 2 aliphatic rings. The third-order valence-electron chi connectivity index (χ3n) is 5.19. The number of aromatic nitrogens is 1. The van der Waals surface area contributed by atoms with Gasteiger partial charge in [0.1, 0.15) is 5.82 Å². The van der Waals surface area contributed by atoms with Gasteiger partial charge in [-0.25, -0.2) is 0 Å². The van der Waals surface area contributed by atoms with E-state index in [1.54, 1.807) is 0 Å². The van der Waals surface area contributed by atoms with Crippen molar-refractivity contribution in [2.75, 3.05) is 5.32 Å². The highest BCUT2D eigenvalue weighted by molar-refractivity contribution is 6.05. The minimum atomic E-state index is -0.448. The number of carbonyl (C=O) groups is 2. The maximum Gasteiger partial charge on any atom is 0.252 e. The summed E-state index contributed by atoms with van der Waals surface area (Å²) >= 11 is 0. The first-order valence-corrected chi connectivity index (χ1v) is 9.04. The molecule has 3 N–H and O–H groups in total. The van der Waals surface area contributed by atoms with Crippen LogP contribution in [-0.2, 0) is 24.2 Å². The van der Waals surface area contributed by atoms with Crippen LogP contribution >= 0.6 is 0 Å². The molecule has 2 amide bonds. The van der Waals surface area contributed by atoms with Gasteiger partial charge in [0.15, 0.2) is 0 Å². The zero-order valence-corrected chi connectivity index (χ0v) is 14.3. The molecule has 0 spiro atoms. The number of anilines is 1. The Morgan fingerprint density at radius 3 is 2.52 bits per heavy atom. The van der Waals surface area contributed by atoms with Gasteiger partial charge in [0.05, 0.1) is 5.56 Å². The van der Waals surface area contributed by atoms with Crippen molar-refractivity contribution in [3.8, 4) is 0 Å². The van der Waals surface area contributed by atoms with E-state index in [0.29, 0.717) is 17.9 Å². The molecule has 25 heavy (non-hydrogen) atoms. The number of nitrogens with two attached hydrogens (primary N) is 1. The first-order valence-electron chi connectivity index (χ1n) is 9.04. The minimum absolute atomic E-state index is 0.00617. The molecule has 0 aliphatic heterocycles. The van der Waals surface area contributed by atoms with Crippen molar-refractivity contribution in [3.63, 3.8) is 0 Å². The molecule has 130 valence electrons. The summed E-state index contributed by atoms with van der Waals surface area (Å²) in [5, 5.41) is 3.02. The first kappa shape index (κ1) is 15.9. The van der Waals surface area contributed by atoms with Crippen molar-refractivity contribution < 1.29 is 9.59 Å². The highest BCUT2D eigenvalue weighted by Gasteiger charge is 2.33. The fourth-order valence-electron chi connectivity index (χ4n) is 3.77. The Kier molecular flexibility index (Phi) is 4.07. The van der Waals surface area contributed by atoms with Crippen LogP contribution in [0.2, 0.25) is 0 Å². The fourth-order valence-corrected chi connectivity index (χ4v) is 3.77. The lowest BCUT2D eigenvalue weighted by Crippen LogP contribution is -2.21. The van der Waals surface area contributed by atoms with Crippen LogP contribution in [0.25, 0.3) is 0 Å². The molecule has 4 rings (SSSR count). The van der Waals surface area contributed by atoms with Gasteiger partial charge in [-0.05, 0) is 49.7 Å². The van der Waals surface area contributed by atoms with Gasteiger partial charge in [0, 0.05) is 18.2 Å². The number of amides is 2. The van der Waals surface area contributed by atoms with Gasteiger partial charge in [-0.1, -0.05) is 30.3 Å². The van der Waals surface area contributed by atoms with Crippen LogP contribution in [-0.4, -0.2) is 16.4 Å². The second kappa shape index (κ2) is 6.39. The molecule has 5 nitrogen and oxygen atoms in total. The summed E-state index contributed by atoms with van der Waals surface area (Å²) in [6.07, 6.45) is 5.77. The number of rotatable bonds is 5. The third-order valence-corrected chi connectivity index (χ3v) is 5.19. The summed E-state index contributed by atoms with van der Waals surface area (Å²) in [6, 6.07) is 10.1. The van der Waals surface area contributed by atoms with Crippen LogP contribution in [0.15, 0.2) is 30.3 Å². The van der Waals surface area contributed by atoms with Gasteiger partial charge >= 0.3 is 0 Å². The third kappa shape index (κ3) is 3.06. The molecule has 1 aromatic carbocycles. The van der Waals surface area contributed by atoms with Gasteiger partial charge < -0.3 is 15.6 Å². The predicted molar refractivity (Wildman–Crippen MR) is 96.5 cm³/mol. The molecule has 5 heteroatoms. The van der Waals surface area contributed by atoms with Crippen LogP contribution in [0.1, 0.15) is 52.9 Å². The summed E-state index contributed by atoms with van der Waals surface area (Å²) in [5.74, 6) is 0.237. The van der Waals surface area contributed by atoms with Crippen molar-refractivity contribution in [2.45, 2.75) is 45.1 Å². The Morgan fingerprint density at radius 2 is 1.84 bits per heavy atom. The topological polar surface area (TPSA) is 77.1 Å². The first-order chi connectivity index (χ1) is 12.1. The molecular weight excluding hydrogens is 314 g/mol. The quantitative estimate of drug-likeness (QED) is 0.880. The van der Waals surface area contributed by atoms with Crippen molar-refractivity contribution in [2.24, 2.45) is 11.7 Å². The Hall–Kier alpha value is -2.56. The van der Waals surface area contributed by atoms with E-state index in [9.17, 15) is 9.59 Å². The van der Waals surface area contributed by atoms with Crippen LogP contribution in [0.5, 0.6) is 0 Å². The summed E-state index contributed by atoms with van der Waals surface area (Å²) in [6.45, 7) is 0.636. The molecule has 0 unspecified atom stereocenters. The second-order valence-corrected chi connectivity index (χ2v) is 7.06. The molecule has 0 saturated heterocycles. The van der Waals surface area contributed by atoms with Crippen molar-refractivity contribution in [1.29, 1.82) is 0 Å². The Balaban J connectivity index is 1.81. The number of primary amides is 1. The number of hydrogen-bond acceptors (Lipinski definition) is 2. The van der Waals surface area contributed by atoms with Crippen LogP contribution in [0.3, 0.4) is 0 Å². The summed E-state index contributed by atoms with van der Waals surface area (Å²) in [5.41, 5.74) is 9.54. The SMILES string of the molecule is NC(=O)c1c2c(n(Cc3ccccc3)c1NC(=O)C1CC1)CCCC2. The second-order valence-electron chi connectivity index (χ2n) is 7.06. The summed E-state index contributed by atoms with van der Waals surface area (Å²) in [4.78, 5) is 24.6. The minimum Gasteiger partial charge on any atom is -0.365 e. The molecule has 0 bridgehead atoms. The highest BCUT2D eigenvalue weighted by atomic mass is 16.2. The summed E-state index contributed by atoms with van der Waals surface area (Å²) in [7, 11) is 0. The molecule has 2 aromatic rings. The average Bonchev–Trinajstić information content (AvgIpc) is 3.42. The lowest BCUT2D eigenvalue weighted by molar-refractivity contribution is -0.117. The van der Waals surface area contributed by atoms with E-state index in [-0.39, 0.29) is 11.8 Å². The van der Waals surface area contributed by atoms with E-state index < -0.39 is 5.91 Å². The van der Waals surface area contributed by atoms with Crippen molar-refractivity contribution in [3.05, 3.63) is 52.7 Å². The number of nitrogens with zero attached hydrogens (tertiary/aromatic N) is 1. The van der Waals surface area contributed by atoms with Gasteiger partial charge in [0.25, 0.3) is 5.91 Å². The van der Waals surface area contributed by atoms with E-state index in [0.717, 1.165) is 55.3 Å². The fraction of sp³-hybridized carbons (Fsp3) is 0.400. The zero-order chi connectivity index (χ0) is 17.4. The molecule has 0 atom stereocenters. The van der Waals surface area contributed by atoms with Gasteiger partial charge in [0.2, 0.25) is 5.91 Å². The van der Waals surface area contributed by atoms with Crippen molar-refractivity contribution in [1.82, 2.24) is 4.57 Å². The van der Waals surface area contributed by atoms with Crippen LogP contribution in [0.4, 0.5) is 5.82 Å². The molecular formula is C20H23N3O2. The maximum absolute atomic E-state index is 12.4. The lowest BCUT2D eigenvalue weighted by atomic mass is 9.94. The molecule has 1 heterocycles. The van der Waals surface area contributed by atoms with Crippen LogP contribution in [0, 0.1) is 5.92 Å². The lowest BCUT2D eigenvalue weighted by Gasteiger charge is -2.17. The average molecular weight is 337 g/mol. The number of nitrogens with one attached hydrogen (secondary N) is 1. The Morgan fingerprint density at radius 1 is 1.12 bits per heavy atom. The highest BCUT2D eigenvalue weighted by Crippen LogP contribution is 2.36.